The highest BCUT2D eigenvalue weighted by Crippen LogP contribution is 2.77. The van der Waals surface area contributed by atoms with Gasteiger partial charge >= 0.3 is 6.09 Å². The first-order valence-electron chi connectivity index (χ1n) is 19.2. The highest BCUT2D eigenvalue weighted by atomic mass is 16.6. The summed E-state index contributed by atoms with van der Waals surface area (Å²) in [7, 11) is 0. The van der Waals surface area contributed by atoms with Gasteiger partial charge in [-0.15, -0.1) is 0 Å². The number of ether oxygens (including phenoxy) is 1. The molecule has 1 heterocycles. The molecule has 1 N–H and O–H groups in total. The van der Waals surface area contributed by atoms with Crippen LogP contribution < -0.4 is 0 Å². The summed E-state index contributed by atoms with van der Waals surface area (Å²) >= 11 is 0. The Morgan fingerprint density at radius 1 is 1.00 bits per heavy atom. The van der Waals surface area contributed by atoms with E-state index in [0.29, 0.717) is 28.9 Å². The molecule has 0 bridgehead atoms. The number of nitrogens with zero attached hydrogens (tertiary/aromatic N) is 1. The molecule has 0 aromatic carbocycles. The van der Waals surface area contributed by atoms with E-state index in [1.807, 2.05) is 32.9 Å². The Hall–Kier alpha value is -2.08. The van der Waals surface area contributed by atoms with Crippen molar-refractivity contribution in [3.8, 4) is 0 Å². The van der Waals surface area contributed by atoms with E-state index in [1.165, 1.54) is 37.7 Å². The van der Waals surface area contributed by atoms with Gasteiger partial charge in [-0.2, -0.15) is 0 Å². The number of rotatable bonds is 6. The first-order valence-corrected chi connectivity index (χ1v) is 19.2. The Balaban J connectivity index is 1.37. The quantitative estimate of drug-likeness (QED) is 0.328. The lowest BCUT2D eigenvalue weighted by Crippen LogP contribution is -2.65. The summed E-state index contributed by atoms with van der Waals surface area (Å²) in [5.41, 5.74) is 1.74. The largest absolute Gasteiger partial charge is 0.467 e. The zero-order valence-electron chi connectivity index (χ0n) is 32.0. The molecule has 268 valence electrons. The van der Waals surface area contributed by atoms with E-state index in [2.05, 4.69) is 55.4 Å². The van der Waals surface area contributed by atoms with Gasteiger partial charge in [0.25, 0.3) is 0 Å². The molecule has 0 aliphatic heterocycles. The molecule has 0 radical (unpaired) electrons. The molecule has 1 unspecified atom stereocenters. The van der Waals surface area contributed by atoms with Crippen molar-refractivity contribution in [2.45, 2.75) is 152 Å². The first-order chi connectivity index (χ1) is 22.2. The third kappa shape index (κ3) is 5.27. The summed E-state index contributed by atoms with van der Waals surface area (Å²) in [6.07, 6.45) is 9.75. The Morgan fingerprint density at radius 3 is 2.33 bits per heavy atom. The van der Waals surface area contributed by atoms with Crippen LogP contribution in [0.25, 0.3) is 0 Å². The molecule has 0 spiro atoms. The number of allylic oxidation sites excluding steroid dienone is 1. The molecular weight excluding hydrogens is 598 g/mol. The van der Waals surface area contributed by atoms with E-state index in [4.69, 9.17) is 9.15 Å². The number of hydrogen-bond donors (Lipinski definition) is 1. The first kappa shape index (κ1) is 35.7. The number of furan rings is 1. The molecular formula is C42H65NO5. The molecule has 9 atom stereocenters. The topological polar surface area (TPSA) is 80.0 Å². The number of hydrogen-bond acceptors (Lipinski definition) is 5. The number of aliphatic hydroxyl groups excluding tert-OH is 1. The zero-order chi connectivity index (χ0) is 35.2. The van der Waals surface area contributed by atoms with E-state index in [1.54, 1.807) is 11.2 Å². The Morgan fingerprint density at radius 2 is 1.71 bits per heavy atom. The van der Waals surface area contributed by atoms with Crippen molar-refractivity contribution in [1.82, 2.24) is 4.90 Å². The van der Waals surface area contributed by atoms with Crippen LogP contribution in [0.4, 0.5) is 4.79 Å². The van der Waals surface area contributed by atoms with Gasteiger partial charge in [-0.05, 0) is 141 Å². The van der Waals surface area contributed by atoms with Gasteiger partial charge < -0.3 is 14.3 Å². The second-order valence-corrected chi connectivity index (χ2v) is 19.6. The predicted molar refractivity (Wildman–Crippen MR) is 190 cm³/mol. The van der Waals surface area contributed by atoms with Crippen LogP contribution in [-0.2, 0) is 16.1 Å². The lowest BCUT2D eigenvalue weighted by molar-refractivity contribution is -0.222. The molecule has 0 saturated heterocycles. The van der Waals surface area contributed by atoms with Gasteiger partial charge in [0.15, 0.2) is 5.78 Å². The number of carbonyl (C=O) groups excluding carboxylic acids is 2. The maximum absolute atomic E-state index is 14.1. The molecule has 1 amide bonds. The van der Waals surface area contributed by atoms with Crippen molar-refractivity contribution >= 4 is 11.9 Å². The van der Waals surface area contributed by atoms with Gasteiger partial charge in [-0.1, -0.05) is 61.0 Å². The molecule has 6 rings (SSSR count). The molecule has 5 aliphatic rings. The maximum Gasteiger partial charge on any atom is 0.410 e. The van der Waals surface area contributed by atoms with Gasteiger partial charge in [0.2, 0.25) is 0 Å². The van der Waals surface area contributed by atoms with Crippen LogP contribution in [-0.4, -0.2) is 40.1 Å². The summed E-state index contributed by atoms with van der Waals surface area (Å²) in [5.74, 6) is 3.33. The number of amides is 1. The smallest absolute Gasteiger partial charge is 0.410 e. The van der Waals surface area contributed by atoms with Crippen molar-refractivity contribution in [2.75, 3.05) is 6.54 Å². The van der Waals surface area contributed by atoms with Gasteiger partial charge in [0, 0.05) is 11.8 Å². The van der Waals surface area contributed by atoms with Gasteiger partial charge in [0.05, 0.1) is 25.5 Å². The summed E-state index contributed by atoms with van der Waals surface area (Å²) in [4.78, 5) is 29.3. The Labute approximate surface area is 290 Å². The van der Waals surface area contributed by atoms with E-state index in [9.17, 15) is 14.7 Å². The fourth-order valence-corrected chi connectivity index (χ4v) is 12.8. The standard InChI is InChI=1S/C42H65NO5/c1-26(2)34-30(44)23-42(33(45)25-43(24-28-13-12-22-47-28)36(46)48-37(4,5)6)21-20-40(10)29(35(34)42)14-15-32-39(9)18-16-27(3)38(7,8)31(39)17-19-41(32,40)11/h12-13,22,26-27,29,31-33,45H,14-21,23-25H2,1-11H3/t27-,29+,31-,32+,33?,39-,40+,41+,42-/m0/s1. The summed E-state index contributed by atoms with van der Waals surface area (Å²) in [6.45, 7) is 25.6. The minimum absolute atomic E-state index is 0.0411. The molecule has 6 nitrogen and oxygen atoms in total. The number of ketones is 1. The summed E-state index contributed by atoms with van der Waals surface area (Å²) in [5, 5.41) is 12.5. The maximum atomic E-state index is 14.1. The minimum Gasteiger partial charge on any atom is -0.467 e. The van der Waals surface area contributed by atoms with Crippen molar-refractivity contribution in [3.63, 3.8) is 0 Å². The third-order valence-corrected chi connectivity index (χ3v) is 15.6. The predicted octanol–water partition coefficient (Wildman–Crippen LogP) is 9.99. The van der Waals surface area contributed by atoms with Crippen LogP contribution in [0.3, 0.4) is 0 Å². The normalized spacial score (nSPS) is 39.7. The van der Waals surface area contributed by atoms with Crippen molar-refractivity contribution in [2.24, 2.45) is 56.7 Å². The van der Waals surface area contributed by atoms with E-state index >= 15 is 0 Å². The summed E-state index contributed by atoms with van der Waals surface area (Å²) < 4.78 is 11.5. The second kappa shape index (κ2) is 11.7. The van der Waals surface area contributed by atoms with Crippen LogP contribution >= 0.6 is 0 Å². The van der Waals surface area contributed by atoms with Crippen molar-refractivity contribution in [1.29, 1.82) is 0 Å². The van der Waals surface area contributed by atoms with Gasteiger partial charge in [-0.25, -0.2) is 4.79 Å². The third-order valence-electron chi connectivity index (χ3n) is 15.6. The lowest BCUT2D eigenvalue weighted by atomic mass is 9.32. The SMILES string of the molecule is CC(C)C1=C2[C@H]3CC[C@@H]4[C@@]5(C)CC[C@H](C)C(C)(C)[C@@H]5CC[C@@]4(C)[C@]3(C)CC[C@@]2(C(O)CN(Cc2ccco2)C(=O)OC(C)(C)C)CC1=O. The molecule has 1 aromatic heterocycles. The average molecular weight is 664 g/mol. The van der Waals surface area contributed by atoms with E-state index < -0.39 is 23.2 Å². The van der Waals surface area contributed by atoms with Crippen LogP contribution in [0.1, 0.15) is 140 Å². The Bertz CT molecular complexity index is 1430. The van der Waals surface area contributed by atoms with Crippen LogP contribution in [0.15, 0.2) is 34.0 Å². The number of Topliss-reactive ketones (excluding diaryl/α,β-unsaturated/α-hetero) is 1. The van der Waals surface area contributed by atoms with Crippen LogP contribution in [0.5, 0.6) is 0 Å². The lowest BCUT2D eigenvalue weighted by Gasteiger charge is -2.72. The molecule has 1 aromatic rings. The van der Waals surface area contributed by atoms with Crippen molar-refractivity contribution < 1.29 is 23.8 Å². The van der Waals surface area contributed by atoms with Gasteiger partial charge in [-0.3, -0.25) is 9.69 Å². The summed E-state index contributed by atoms with van der Waals surface area (Å²) in [6, 6.07) is 3.66. The number of aliphatic hydroxyl groups is 1. The van der Waals surface area contributed by atoms with Crippen LogP contribution in [0.2, 0.25) is 0 Å². The van der Waals surface area contributed by atoms with Gasteiger partial charge in [0.1, 0.15) is 11.4 Å². The van der Waals surface area contributed by atoms with Crippen LogP contribution in [0, 0.1) is 56.7 Å². The molecule has 5 aliphatic carbocycles. The fraction of sp³-hybridized carbons (Fsp3) is 0.810. The highest BCUT2D eigenvalue weighted by Gasteiger charge is 2.70. The highest BCUT2D eigenvalue weighted by molar-refractivity contribution is 6.00. The average Bonchev–Trinajstić information content (AvgIpc) is 3.60. The molecule has 48 heavy (non-hydrogen) atoms. The second-order valence-electron chi connectivity index (χ2n) is 19.6. The minimum atomic E-state index is -0.890. The monoisotopic (exact) mass is 663 g/mol. The zero-order valence-corrected chi connectivity index (χ0v) is 32.0. The molecule has 6 heteroatoms. The number of carbonyl (C=O) groups is 2. The fourth-order valence-electron chi connectivity index (χ4n) is 12.8. The Kier molecular flexibility index (Phi) is 8.74. The molecule has 4 fully saturated rings. The molecule has 4 saturated carbocycles. The van der Waals surface area contributed by atoms with E-state index in [-0.39, 0.29) is 41.5 Å². The van der Waals surface area contributed by atoms with Crippen molar-refractivity contribution in [3.05, 3.63) is 35.3 Å². The van der Waals surface area contributed by atoms with E-state index in [0.717, 1.165) is 36.7 Å². The number of fused-ring (bicyclic) bond motifs is 7.